The lowest BCUT2D eigenvalue weighted by atomic mass is 10.2. The largest absolute Gasteiger partial charge is 0.478 e. The molecule has 1 amide bonds. The Morgan fingerprint density at radius 1 is 1.44 bits per heavy atom. The molecule has 0 aliphatic carbocycles. The molecule has 1 aromatic rings. The van der Waals surface area contributed by atoms with Gasteiger partial charge in [0.1, 0.15) is 6.61 Å². The lowest BCUT2D eigenvalue weighted by molar-refractivity contribution is 0.0697. The zero-order chi connectivity index (χ0) is 13.7. The summed E-state index contributed by atoms with van der Waals surface area (Å²) in [6, 6.07) is 2.51. The van der Waals surface area contributed by atoms with Crippen LogP contribution in [0.1, 0.15) is 10.4 Å². The fourth-order valence-corrected chi connectivity index (χ4v) is 1.51. The molecule has 0 atom stereocenters. The number of aromatic carboxylic acids is 1. The Labute approximate surface area is 113 Å². The Kier molecular flexibility index (Phi) is 5.00. The normalized spacial score (nSPS) is 9.67. The van der Waals surface area contributed by atoms with Gasteiger partial charge in [-0.15, -0.1) is 0 Å². The van der Waals surface area contributed by atoms with E-state index >= 15 is 0 Å². The molecule has 96 valence electrons. The van der Waals surface area contributed by atoms with Crippen molar-refractivity contribution in [2.24, 2.45) is 0 Å². The van der Waals surface area contributed by atoms with E-state index in [0.717, 1.165) is 0 Å². The maximum absolute atomic E-state index is 11.2. The zero-order valence-corrected chi connectivity index (χ0v) is 10.6. The second-order valence-electron chi connectivity index (χ2n) is 3.14. The van der Waals surface area contributed by atoms with Gasteiger partial charge in [-0.1, -0.05) is 35.9 Å². The number of hydrogen-bond donors (Lipinski definition) is 2. The molecule has 0 radical (unpaired) electrons. The van der Waals surface area contributed by atoms with Gasteiger partial charge in [-0.3, -0.25) is 5.32 Å². The number of halogens is 2. The summed E-state index contributed by atoms with van der Waals surface area (Å²) in [5.74, 6) is -1.25. The summed E-state index contributed by atoms with van der Waals surface area (Å²) >= 11 is 11.5. The quantitative estimate of drug-likeness (QED) is 0.833. The van der Waals surface area contributed by atoms with E-state index in [4.69, 9.17) is 28.3 Å². The minimum atomic E-state index is -1.25. The van der Waals surface area contributed by atoms with Gasteiger partial charge in [0, 0.05) is 5.69 Å². The highest BCUT2D eigenvalue weighted by atomic mass is 35.5. The highest BCUT2D eigenvalue weighted by Crippen LogP contribution is 2.29. The summed E-state index contributed by atoms with van der Waals surface area (Å²) in [6.45, 7) is 3.42. The lowest BCUT2D eigenvalue weighted by Crippen LogP contribution is -2.14. The zero-order valence-electron chi connectivity index (χ0n) is 9.07. The molecule has 0 aliphatic heterocycles. The second kappa shape index (κ2) is 6.28. The molecule has 0 spiro atoms. The van der Waals surface area contributed by atoms with E-state index in [2.05, 4.69) is 16.6 Å². The molecule has 18 heavy (non-hydrogen) atoms. The molecule has 0 aromatic heterocycles. The number of amides is 1. The molecule has 0 saturated heterocycles. The number of rotatable bonds is 4. The van der Waals surface area contributed by atoms with E-state index in [0.29, 0.717) is 0 Å². The van der Waals surface area contributed by atoms with E-state index in [1.54, 1.807) is 0 Å². The van der Waals surface area contributed by atoms with Crippen LogP contribution in [0.15, 0.2) is 24.8 Å². The number of anilines is 1. The van der Waals surface area contributed by atoms with Gasteiger partial charge in [0.25, 0.3) is 0 Å². The van der Waals surface area contributed by atoms with E-state index in [1.807, 2.05) is 0 Å². The van der Waals surface area contributed by atoms with Crippen LogP contribution in [0.4, 0.5) is 10.5 Å². The van der Waals surface area contributed by atoms with Crippen LogP contribution in [-0.2, 0) is 4.74 Å². The summed E-state index contributed by atoms with van der Waals surface area (Å²) in [4.78, 5) is 22.1. The van der Waals surface area contributed by atoms with Crippen LogP contribution in [-0.4, -0.2) is 23.8 Å². The number of benzene rings is 1. The first-order valence-electron chi connectivity index (χ1n) is 4.72. The van der Waals surface area contributed by atoms with E-state index < -0.39 is 12.1 Å². The Morgan fingerprint density at radius 3 is 2.67 bits per heavy atom. The first-order chi connectivity index (χ1) is 8.45. The van der Waals surface area contributed by atoms with Crippen LogP contribution >= 0.6 is 23.2 Å². The van der Waals surface area contributed by atoms with Gasteiger partial charge in [0.15, 0.2) is 0 Å². The summed E-state index contributed by atoms with van der Waals surface area (Å²) < 4.78 is 4.67. The highest BCUT2D eigenvalue weighted by molar-refractivity contribution is 6.44. The Balaban J connectivity index is 2.94. The number of nitrogens with one attached hydrogen (secondary N) is 1. The van der Waals surface area contributed by atoms with Gasteiger partial charge in [-0.05, 0) is 12.1 Å². The van der Waals surface area contributed by atoms with Crippen molar-refractivity contribution in [1.29, 1.82) is 0 Å². The molecule has 0 bridgehead atoms. The third-order valence-corrected chi connectivity index (χ3v) is 2.64. The predicted octanol–water partition coefficient (Wildman–Crippen LogP) is 3.43. The standard InChI is InChI=1S/C11H9Cl2NO4/c1-2-3-18-11(17)14-6-4-7(10(15)16)9(13)8(12)5-6/h2,4-5H,1,3H2,(H,14,17)(H,15,16). The van der Waals surface area contributed by atoms with E-state index in [9.17, 15) is 9.59 Å². The van der Waals surface area contributed by atoms with Gasteiger partial charge >= 0.3 is 12.1 Å². The van der Waals surface area contributed by atoms with Crippen LogP contribution in [0.3, 0.4) is 0 Å². The van der Waals surface area contributed by atoms with Crippen LogP contribution in [0.2, 0.25) is 10.0 Å². The van der Waals surface area contributed by atoms with Crippen molar-refractivity contribution in [2.45, 2.75) is 0 Å². The molecule has 1 aromatic carbocycles. The van der Waals surface area contributed by atoms with Crippen molar-refractivity contribution in [2.75, 3.05) is 11.9 Å². The molecule has 0 aliphatic rings. The van der Waals surface area contributed by atoms with Crippen molar-refractivity contribution in [3.8, 4) is 0 Å². The highest BCUT2D eigenvalue weighted by Gasteiger charge is 2.15. The van der Waals surface area contributed by atoms with Crippen molar-refractivity contribution in [3.63, 3.8) is 0 Å². The molecular weight excluding hydrogens is 281 g/mol. The first kappa shape index (κ1) is 14.3. The summed E-state index contributed by atoms with van der Waals surface area (Å²) in [5.41, 5.74) is -0.0287. The number of hydrogen-bond acceptors (Lipinski definition) is 3. The maximum atomic E-state index is 11.2. The third kappa shape index (κ3) is 3.65. The fourth-order valence-electron chi connectivity index (χ4n) is 1.11. The van der Waals surface area contributed by atoms with Crippen molar-refractivity contribution >= 4 is 41.0 Å². The third-order valence-electron chi connectivity index (χ3n) is 1.84. The van der Waals surface area contributed by atoms with E-state index in [-0.39, 0.29) is 27.9 Å². The molecule has 0 fully saturated rings. The monoisotopic (exact) mass is 289 g/mol. The van der Waals surface area contributed by atoms with Crippen LogP contribution in [0, 0.1) is 0 Å². The number of carbonyl (C=O) groups is 2. The first-order valence-corrected chi connectivity index (χ1v) is 5.48. The van der Waals surface area contributed by atoms with Crippen LogP contribution in [0.5, 0.6) is 0 Å². The molecule has 2 N–H and O–H groups in total. The summed E-state index contributed by atoms with van der Waals surface area (Å²) in [5, 5.41) is 11.1. The van der Waals surface area contributed by atoms with Crippen molar-refractivity contribution in [1.82, 2.24) is 0 Å². The van der Waals surface area contributed by atoms with Gasteiger partial charge in [0.2, 0.25) is 0 Å². The van der Waals surface area contributed by atoms with Crippen molar-refractivity contribution in [3.05, 3.63) is 40.4 Å². The molecular formula is C11H9Cl2NO4. The summed E-state index contributed by atoms with van der Waals surface area (Å²) in [6.07, 6.45) is 0.654. The van der Waals surface area contributed by atoms with Gasteiger partial charge in [0.05, 0.1) is 15.6 Å². The molecule has 0 saturated carbocycles. The van der Waals surface area contributed by atoms with Crippen LogP contribution < -0.4 is 5.32 Å². The van der Waals surface area contributed by atoms with Gasteiger partial charge in [-0.2, -0.15) is 0 Å². The van der Waals surface area contributed by atoms with Gasteiger partial charge in [-0.25, -0.2) is 9.59 Å². The maximum Gasteiger partial charge on any atom is 0.411 e. The molecule has 7 heteroatoms. The Morgan fingerprint density at radius 2 is 2.11 bits per heavy atom. The number of carboxylic acids is 1. The molecule has 5 nitrogen and oxygen atoms in total. The number of carboxylic acid groups (broad SMARTS) is 1. The topological polar surface area (TPSA) is 75.6 Å². The predicted molar refractivity (Wildman–Crippen MR) is 68.6 cm³/mol. The fraction of sp³-hybridized carbons (Fsp3) is 0.0909. The average molecular weight is 290 g/mol. The lowest BCUT2D eigenvalue weighted by Gasteiger charge is -2.08. The minimum Gasteiger partial charge on any atom is -0.478 e. The Hall–Kier alpha value is -1.72. The summed E-state index contributed by atoms with van der Waals surface area (Å²) in [7, 11) is 0. The van der Waals surface area contributed by atoms with Crippen molar-refractivity contribution < 1.29 is 19.4 Å². The number of carbonyl (C=O) groups excluding carboxylic acids is 1. The molecule has 0 unspecified atom stereocenters. The number of ether oxygens (including phenoxy) is 1. The molecule has 0 heterocycles. The smallest absolute Gasteiger partial charge is 0.411 e. The van der Waals surface area contributed by atoms with Crippen LogP contribution in [0.25, 0.3) is 0 Å². The van der Waals surface area contributed by atoms with E-state index in [1.165, 1.54) is 18.2 Å². The second-order valence-corrected chi connectivity index (χ2v) is 3.92. The molecule has 1 rings (SSSR count). The Bertz CT molecular complexity index is 502. The van der Waals surface area contributed by atoms with Gasteiger partial charge < -0.3 is 9.84 Å². The minimum absolute atomic E-state index is 0.0237. The SMILES string of the molecule is C=CCOC(=O)Nc1cc(Cl)c(Cl)c(C(=O)O)c1. The average Bonchev–Trinajstić information content (AvgIpc) is 2.30.